The third kappa shape index (κ3) is 7.33. The fourth-order valence-electron chi connectivity index (χ4n) is 5.89. The minimum atomic E-state index is -1.31. The molecule has 0 bridgehead atoms. The molecule has 12 heteroatoms. The number of aryl methyl sites for hydroxylation is 1. The predicted octanol–water partition coefficient (Wildman–Crippen LogP) is 6.78. The molecule has 4 aromatic rings. The van der Waals surface area contributed by atoms with Gasteiger partial charge in [-0.05, 0) is 93.1 Å². The lowest BCUT2D eigenvalue weighted by Gasteiger charge is -2.32. The van der Waals surface area contributed by atoms with E-state index in [9.17, 15) is 19.6 Å². The largest absolute Gasteiger partial charge is 0.343 e. The molecule has 2 aliphatic rings. The van der Waals surface area contributed by atoms with Gasteiger partial charge < -0.3 is 20.3 Å². The number of amides is 2. The van der Waals surface area contributed by atoms with Gasteiger partial charge in [-0.15, -0.1) is 0 Å². The monoisotopic (exact) mass is 699 g/mol. The van der Waals surface area contributed by atoms with Gasteiger partial charge in [0.1, 0.15) is 23.1 Å². The molecular formula is C37H39Cl2N7O3. The summed E-state index contributed by atoms with van der Waals surface area (Å²) in [6.07, 6.45) is 6.58. The van der Waals surface area contributed by atoms with Gasteiger partial charge in [0.2, 0.25) is 11.9 Å². The molecule has 254 valence electrons. The summed E-state index contributed by atoms with van der Waals surface area (Å²) in [6, 6.07) is 17.9. The fraction of sp³-hybridized carbons (Fsp3) is 0.351. The molecule has 0 spiro atoms. The number of hydrogen-bond donors (Lipinski definition) is 2. The van der Waals surface area contributed by atoms with E-state index in [1.165, 1.54) is 6.20 Å². The molecule has 2 aliphatic carbocycles. The van der Waals surface area contributed by atoms with Crippen molar-refractivity contribution in [3.8, 4) is 6.07 Å². The number of imidazole rings is 1. The van der Waals surface area contributed by atoms with E-state index in [0.29, 0.717) is 34.1 Å². The maximum atomic E-state index is 14.1. The number of nitriles is 1. The molecule has 2 saturated carbocycles. The second kappa shape index (κ2) is 14.0. The normalized spacial score (nSPS) is 16.1. The first-order valence-corrected chi connectivity index (χ1v) is 17.0. The summed E-state index contributed by atoms with van der Waals surface area (Å²) in [5.41, 5.74) is 0.866. The van der Waals surface area contributed by atoms with Crippen LogP contribution >= 0.6 is 23.2 Å². The van der Waals surface area contributed by atoms with Crippen LogP contribution in [0.5, 0.6) is 0 Å². The highest BCUT2D eigenvalue weighted by molar-refractivity contribution is 6.35. The van der Waals surface area contributed by atoms with Crippen LogP contribution < -0.4 is 15.5 Å². The maximum Gasteiger partial charge on any atom is 0.270 e. The number of carbonyl (C=O) groups excluding carboxylic acids is 3. The Balaban J connectivity index is 0.00000230. The summed E-state index contributed by atoms with van der Waals surface area (Å²) in [7, 11) is 1.74. The third-order valence-corrected chi connectivity index (χ3v) is 9.40. The molecule has 0 aliphatic heterocycles. The highest BCUT2D eigenvalue weighted by Crippen LogP contribution is 2.47. The summed E-state index contributed by atoms with van der Waals surface area (Å²) < 4.78 is 1.58. The Hall–Kier alpha value is -4.72. The van der Waals surface area contributed by atoms with Crippen molar-refractivity contribution >= 4 is 52.9 Å². The SMILES string of the molecule is CC.Cc1ccnc(C2(NC(=O)C3(NC(=O)c4cnc(N(C)c5cc(Cl)cc(Cl)c5)n4[C@@](C)(C=O)Cc4ccc(C#N)cc4)CC3)CC2)c1. The Kier molecular flexibility index (Phi) is 10.2. The van der Waals surface area contributed by atoms with Crippen molar-refractivity contribution in [1.29, 1.82) is 5.26 Å². The Morgan fingerprint density at radius 1 is 1.02 bits per heavy atom. The summed E-state index contributed by atoms with van der Waals surface area (Å²) in [6.45, 7) is 7.69. The van der Waals surface area contributed by atoms with Crippen molar-refractivity contribution in [3.63, 3.8) is 0 Å². The number of aromatic nitrogens is 3. The number of aldehydes is 1. The molecule has 2 fully saturated rings. The average molecular weight is 701 g/mol. The topological polar surface area (TPSA) is 133 Å². The first-order valence-electron chi connectivity index (χ1n) is 16.2. The number of carbonyl (C=O) groups is 3. The van der Waals surface area contributed by atoms with Crippen molar-refractivity contribution < 1.29 is 14.4 Å². The van der Waals surface area contributed by atoms with E-state index >= 15 is 0 Å². The van der Waals surface area contributed by atoms with Gasteiger partial charge in [-0.1, -0.05) is 49.2 Å². The van der Waals surface area contributed by atoms with E-state index in [-0.39, 0.29) is 24.0 Å². The second-order valence-corrected chi connectivity index (χ2v) is 13.6. The van der Waals surface area contributed by atoms with Gasteiger partial charge in [-0.2, -0.15) is 5.26 Å². The lowest BCUT2D eigenvalue weighted by Crippen LogP contribution is -2.52. The minimum Gasteiger partial charge on any atom is -0.343 e. The van der Waals surface area contributed by atoms with E-state index in [0.717, 1.165) is 35.9 Å². The van der Waals surface area contributed by atoms with Gasteiger partial charge in [-0.3, -0.25) is 19.1 Å². The maximum absolute atomic E-state index is 14.1. The van der Waals surface area contributed by atoms with Crippen LogP contribution in [0.15, 0.2) is 67.0 Å². The molecule has 2 amide bonds. The molecule has 10 nitrogen and oxygen atoms in total. The molecule has 6 rings (SSSR count). The third-order valence-electron chi connectivity index (χ3n) is 8.97. The van der Waals surface area contributed by atoms with Crippen molar-refractivity contribution in [1.82, 2.24) is 25.2 Å². The first kappa shape index (κ1) is 35.6. The first-order chi connectivity index (χ1) is 23.4. The summed E-state index contributed by atoms with van der Waals surface area (Å²) >= 11 is 12.6. The molecule has 0 saturated heterocycles. The van der Waals surface area contributed by atoms with Crippen molar-refractivity contribution in [2.45, 2.75) is 76.4 Å². The zero-order valence-corrected chi connectivity index (χ0v) is 29.7. The Bertz CT molecular complexity index is 1910. The zero-order valence-electron chi connectivity index (χ0n) is 28.2. The molecular weight excluding hydrogens is 661 g/mol. The number of rotatable bonds is 11. The number of anilines is 2. The van der Waals surface area contributed by atoms with Gasteiger partial charge in [0, 0.05) is 35.4 Å². The number of nitrogens with one attached hydrogen (secondary N) is 2. The summed E-state index contributed by atoms with van der Waals surface area (Å²) in [5.74, 6) is -0.520. The molecule has 2 heterocycles. The van der Waals surface area contributed by atoms with Crippen molar-refractivity contribution in [2.24, 2.45) is 0 Å². The van der Waals surface area contributed by atoms with Gasteiger partial charge >= 0.3 is 0 Å². The Morgan fingerprint density at radius 3 is 2.22 bits per heavy atom. The highest BCUT2D eigenvalue weighted by atomic mass is 35.5. The van der Waals surface area contributed by atoms with E-state index in [1.807, 2.05) is 32.9 Å². The quantitative estimate of drug-likeness (QED) is 0.165. The predicted molar refractivity (Wildman–Crippen MR) is 190 cm³/mol. The van der Waals surface area contributed by atoms with Crippen LogP contribution in [0.25, 0.3) is 0 Å². The van der Waals surface area contributed by atoms with E-state index in [4.69, 9.17) is 23.2 Å². The van der Waals surface area contributed by atoms with Crippen LogP contribution in [0.3, 0.4) is 0 Å². The van der Waals surface area contributed by atoms with Crippen LogP contribution in [-0.2, 0) is 27.1 Å². The summed E-state index contributed by atoms with van der Waals surface area (Å²) in [4.78, 5) is 51.6. The average Bonchev–Trinajstić information content (AvgIpc) is 4.01. The Labute approximate surface area is 296 Å². The van der Waals surface area contributed by atoms with Gasteiger partial charge in [0.05, 0.1) is 29.1 Å². The van der Waals surface area contributed by atoms with Crippen LogP contribution in [-0.4, -0.2) is 45.2 Å². The number of nitrogens with zero attached hydrogens (tertiary/aromatic N) is 5. The van der Waals surface area contributed by atoms with Gasteiger partial charge in [-0.25, -0.2) is 4.98 Å². The number of benzene rings is 2. The van der Waals surface area contributed by atoms with E-state index in [2.05, 4.69) is 26.7 Å². The number of halogens is 2. The molecule has 2 N–H and O–H groups in total. The minimum absolute atomic E-state index is 0.101. The summed E-state index contributed by atoms with van der Waals surface area (Å²) in [5, 5.41) is 16.2. The number of hydrogen-bond acceptors (Lipinski definition) is 7. The molecule has 49 heavy (non-hydrogen) atoms. The van der Waals surface area contributed by atoms with Crippen LogP contribution in [0.2, 0.25) is 10.0 Å². The van der Waals surface area contributed by atoms with Gasteiger partial charge in [0.15, 0.2) is 0 Å². The molecule has 0 unspecified atom stereocenters. The number of pyridine rings is 1. The molecule has 1 atom stereocenters. The molecule has 2 aromatic heterocycles. The molecule has 0 radical (unpaired) electrons. The second-order valence-electron chi connectivity index (χ2n) is 12.7. The van der Waals surface area contributed by atoms with E-state index < -0.39 is 22.5 Å². The van der Waals surface area contributed by atoms with Gasteiger partial charge in [0.25, 0.3) is 5.91 Å². The van der Waals surface area contributed by atoms with Crippen LogP contribution in [0, 0.1) is 18.3 Å². The highest BCUT2D eigenvalue weighted by Gasteiger charge is 2.56. The standard InChI is InChI=1S/C35H33Cl2N7O3.C2H6/c1-22-8-13-39-29(14-22)34(9-10-34)42-31(47)35(11-12-35)41-30(46)28-20-40-32(43(3)27-16-25(36)15-26(37)17-27)44(28)33(2,21-45)18-23-4-6-24(19-38)7-5-23;1-2/h4-8,13-17,20-21H,9-12,18H2,1-3H3,(H,41,46)(H,42,47);1-2H3/t33-;/m1./s1. The fourth-order valence-corrected chi connectivity index (χ4v) is 6.41. The molecule has 2 aromatic carbocycles. The lowest BCUT2D eigenvalue weighted by molar-refractivity contribution is -0.125. The smallest absolute Gasteiger partial charge is 0.270 e. The van der Waals surface area contributed by atoms with Crippen LogP contribution in [0.4, 0.5) is 11.6 Å². The van der Waals surface area contributed by atoms with Crippen LogP contribution in [0.1, 0.15) is 79.3 Å². The van der Waals surface area contributed by atoms with Crippen molar-refractivity contribution in [3.05, 3.63) is 105 Å². The Morgan fingerprint density at radius 2 is 1.67 bits per heavy atom. The zero-order chi connectivity index (χ0) is 35.6. The van der Waals surface area contributed by atoms with Crippen molar-refractivity contribution in [2.75, 3.05) is 11.9 Å². The van der Waals surface area contributed by atoms with E-state index in [1.54, 1.807) is 72.1 Å². The lowest BCUT2D eigenvalue weighted by atomic mass is 9.93.